The highest BCUT2D eigenvalue weighted by Gasteiger charge is 2.17. The summed E-state index contributed by atoms with van der Waals surface area (Å²) in [6.45, 7) is 7.61. The van der Waals surface area contributed by atoms with Gasteiger partial charge in [-0.05, 0) is 122 Å². The van der Waals surface area contributed by atoms with Gasteiger partial charge in [0.1, 0.15) is 6.61 Å². The summed E-state index contributed by atoms with van der Waals surface area (Å²) in [4.78, 5) is 25.5. The Morgan fingerprint density at radius 1 is 0.329 bits per heavy atom. The zero-order chi connectivity index (χ0) is 50.6. The van der Waals surface area contributed by atoms with Gasteiger partial charge in [0.15, 0.2) is 6.10 Å². The quantitative estimate of drug-likeness (QED) is 0.0345. The van der Waals surface area contributed by atoms with Crippen molar-refractivity contribution in [3.05, 3.63) is 109 Å². The van der Waals surface area contributed by atoms with E-state index in [2.05, 4.69) is 130 Å². The van der Waals surface area contributed by atoms with Crippen LogP contribution in [0.4, 0.5) is 0 Å². The van der Waals surface area contributed by atoms with Crippen LogP contribution in [0.2, 0.25) is 0 Å². The Kier molecular flexibility index (Phi) is 56.9. The predicted molar refractivity (Wildman–Crippen MR) is 306 cm³/mol. The lowest BCUT2D eigenvalue weighted by Crippen LogP contribution is -2.30. The van der Waals surface area contributed by atoms with Crippen LogP contribution in [-0.2, 0) is 23.8 Å². The molecule has 0 fully saturated rings. The number of esters is 2. The third-order valence-corrected chi connectivity index (χ3v) is 12.3. The van der Waals surface area contributed by atoms with Crippen molar-refractivity contribution in [1.29, 1.82) is 0 Å². The van der Waals surface area contributed by atoms with Crippen LogP contribution in [0.1, 0.15) is 265 Å². The molecular formula is C65H110O5. The molecule has 0 aliphatic rings. The molecule has 1 atom stereocenters. The molecule has 0 rings (SSSR count). The molecule has 5 nitrogen and oxygen atoms in total. The Balaban J connectivity index is 4.40. The summed E-state index contributed by atoms with van der Waals surface area (Å²) in [6.07, 6.45) is 82.6. The first-order valence-corrected chi connectivity index (χ1v) is 29.4. The maximum atomic E-state index is 12.9. The van der Waals surface area contributed by atoms with Gasteiger partial charge in [-0.15, -0.1) is 0 Å². The first-order chi connectivity index (χ1) is 34.6. The molecule has 0 aliphatic carbocycles. The van der Waals surface area contributed by atoms with Gasteiger partial charge >= 0.3 is 11.9 Å². The fraction of sp³-hybridized carbons (Fsp3) is 0.692. The Morgan fingerprint density at radius 3 is 1.11 bits per heavy atom. The number of allylic oxidation sites excluding steroid dienone is 18. The minimum atomic E-state index is -0.574. The van der Waals surface area contributed by atoms with Gasteiger partial charge in [-0.1, -0.05) is 239 Å². The van der Waals surface area contributed by atoms with Crippen LogP contribution in [0.5, 0.6) is 0 Å². The number of carbonyl (C=O) groups excluding carboxylic acids is 2. The lowest BCUT2D eigenvalue weighted by molar-refractivity contribution is -0.163. The molecular weight excluding hydrogens is 861 g/mol. The molecule has 0 radical (unpaired) electrons. The highest BCUT2D eigenvalue weighted by molar-refractivity contribution is 5.70. The van der Waals surface area contributed by atoms with Crippen molar-refractivity contribution in [3.8, 4) is 0 Å². The molecule has 0 aliphatic heterocycles. The smallest absolute Gasteiger partial charge is 0.306 e. The van der Waals surface area contributed by atoms with E-state index in [0.29, 0.717) is 19.4 Å². The third-order valence-electron chi connectivity index (χ3n) is 12.3. The Bertz CT molecular complexity index is 1380. The van der Waals surface area contributed by atoms with E-state index in [9.17, 15) is 9.59 Å². The number of rotatable bonds is 53. The summed E-state index contributed by atoms with van der Waals surface area (Å²) < 4.78 is 17.4. The fourth-order valence-electron chi connectivity index (χ4n) is 7.90. The Morgan fingerprint density at radius 2 is 0.657 bits per heavy atom. The molecule has 0 amide bonds. The standard InChI is InChI=1S/C65H110O5/c1-4-7-10-13-16-19-22-25-28-31-32-33-36-39-42-45-48-51-54-57-60-68-61-63(70-65(67)59-56-53-50-47-44-41-38-35-30-27-24-21-18-15-12-9-6-3)62-69-64(66)58-55-52-49-46-43-40-37-34-29-26-23-20-17-14-11-8-5-2/h8,11,16-17,19-20,25-30,32-33,37,40,46,49,63H,4-7,9-10,12-15,18,21-24,31,34-36,38-39,41-45,47-48,50-62H2,1-3H3/b11-8-,19-16-,20-17-,28-25-,29-26-,30-27-,33-32-,40-37-,49-46-. The SMILES string of the molecule is CC/C=C\C/C=C\C/C=C\C/C=C\C/C=C\CCCC(=O)OCC(COCCCCCCCCC/C=C\C/C=C\C/C=C\CCCCC)OC(=O)CCCCCCCCC/C=C\CCCCCCCC. The van der Waals surface area contributed by atoms with Gasteiger partial charge in [-0.25, -0.2) is 0 Å². The van der Waals surface area contributed by atoms with Gasteiger partial charge in [-0.3, -0.25) is 9.59 Å². The minimum absolute atomic E-state index is 0.0449. The van der Waals surface area contributed by atoms with Crippen molar-refractivity contribution in [2.24, 2.45) is 0 Å². The van der Waals surface area contributed by atoms with Crippen LogP contribution < -0.4 is 0 Å². The molecule has 0 saturated carbocycles. The van der Waals surface area contributed by atoms with Gasteiger partial charge in [0, 0.05) is 19.4 Å². The lowest BCUT2D eigenvalue weighted by atomic mass is 10.1. The average molecular weight is 972 g/mol. The lowest BCUT2D eigenvalue weighted by Gasteiger charge is -2.18. The first kappa shape index (κ1) is 66.6. The molecule has 0 saturated heterocycles. The van der Waals surface area contributed by atoms with E-state index in [-0.39, 0.29) is 25.2 Å². The zero-order valence-electron chi connectivity index (χ0n) is 46.0. The summed E-state index contributed by atoms with van der Waals surface area (Å²) in [6, 6.07) is 0. The second-order valence-electron chi connectivity index (χ2n) is 19.2. The summed E-state index contributed by atoms with van der Waals surface area (Å²) in [5, 5.41) is 0. The fourth-order valence-corrected chi connectivity index (χ4v) is 7.90. The molecule has 0 spiro atoms. The second kappa shape index (κ2) is 59.9. The van der Waals surface area contributed by atoms with Crippen molar-refractivity contribution < 1.29 is 23.8 Å². The van der Waals surface area contributed by atoms with E-state index >= 15 is 0 Å². The summed E-state index contributed by atoms with van der Waals surface area (Å²) >= 11 is 0. The van der Waals surface area contributed by atoms with Gasteiger partial charge in [0.05, 0.1) is 6.61 Å². The third kappa shape index (κ3) is 57.1. The van der Waals surface area contributed by atoms with Crippen molar-refractivity contribution >= 4 is 11.9 Å². The van der Waals surface area contributed by atoms with Crippen molar-refractivity contribution in [3.63, 3.8) is 0 Å². The van der Waals surface area contributed by atoms with Gasteiger partial charge in [0.25, 0.3) is 0 Å². The van der Waals surface area contributed by atoms with E-state index in [1.807, 2.05) is 0 Å². The molecule has 0 aromatic rings. The van der Waals surface area contributed by atoms with Crippen molar-refractivity contribution in [2.75, 3.05) is 19.8 Å². The van der Waals surface area contributed by atoms with Crippen molar-refractivity contribution in [2.45, 2.75) is 271 Å². The zero-order valence-corrected chi connectivity index (χ0v) is 46.0. The molecule has 400 valence electrons. The molecule has 0 bridgehead atoms. The van der Waals surface area contributed by atoms with Crippen LogP contribution >= 0.6 is 0 Å². The van der Waals surface area contributed by atoms with Crippen LogP contribution in [0.3, 0.4) is 0 Å². The maximum Gasteiger partial charge on any atom is 0.306 e. The average Bonchev–Trinajstić information content (AvgIpc) is 3.36. The molecule has 0 heterocycles. The summed E-state index contributed by atoms with van der Waals surface area (Å²) in [5.41, 5.74) is 0. The van der Waals surface area contributed by atoms with E-state index in [0.717, 1.165) is 89.9 Å². The minimum Gasteiger partial charge on any atom is -0.462 e. The number of hydrogen-bond donors (Lipinski definition) is 0. The summed E-state index contributed by atoms with van der Waals surface area (Å²) in [5.74, 6) is -0.475. The highest BCUT2D eigenvalue weighted by Crippen LogP contribution is 2.14. The van der Waals surface area contributed by atoms with E-state index in [1.165, 1.54) is 141 Å². The molecule has 0 aromatic carbocycles. The maximum absolute atomic E-state index is 12.9. The topological polar surface area (TPSA) is 61.8 Å². The Labute approximate surface area is 434 Å². The molecule has 1 unspecified atom stereocenters. The number of hydrogen-bond acceptors (Lipinski definition) is 5. The normalized spacial score (nSPS) is 13.0. The second-order valence-corrected chi connectivity index (χ2v) is 19.2. The van der Waals surface area contributed by atoms with Crippen LogP contribution in [0.15, 0.2) is 109 Å². The van der Waals surface area contributed by atoms with Crippen LogP contribution in [0, 0.1) is 0 Å². The number of unbranched alkanes of at least 4 members (excludes halogenated alkanes) is 24. The van der Waals surface area contributed by atoms with E-state index in [4.69, 9.17) is 14.2 Å². The molecule has 0 aromatic heterocycles. The Hall–Kier alpha value is -3.44. The molecule has 5 heteroatoms. The van der Waals surface area contributed by atoms with Gasteiger partial charge < -0.3 is 14.2 Å². The summed E-state index contributed by atoms with van der Waals surface area (Å²) in [7, 11) is 0. The first-order valence-electron chi connectivity index (χ1n) is 29.4. The van der Waals surface area contributed by atoms with Crippen LogP contribution in [-0.4, -0.2) is 37.9 Å². The van der Waals surface area contributed by atoms with E-state index in [1.54, 1.807) is 0 Å². The monoisotopic (exact) mass is 971 g/mol. The highest BCUT2D eigenvalue weighted by atomic mass is 16.6. The van der Waals surface area contributed by atoms with Gasteiger partial charge in [-0.2, -0.15) is 0 Å². The molecule has 70 heavy (non-hydrogen) atoms. The largest absolute Gasteiger partial charge is 0.462 e. The number of carbonyl (C=O) groups is 2. The predicted octanol–water partition coefficient (Wildman–Crippen LogP) is 20.3. The molecule has 0 N–H and O–H groups in total. The number of ether oxygens (including phenoxy) is 3. The van der Waals surface area contributed by atoms with Crippen molar-refractivity contribution in [1.82, 2.24) is 0 Å². The van der Waals surface area contributed by atoms with Gasteiger partial charge in [0.2, 0.25) is 0 Å². The van der Waals surface area contributed by atoms with Crippen LogP contribution in [0.25, 0.3) is 0 Å². The van der Waals surface area contributed by atoms with E-state index < -0.39 is 6.10 Å².